The van der Waals surface area contributed by atoms with Gasteiger partial charge in [0.05, 0.1) is 17.0 Å². The van der Waals surface area contributed by atoms with E-state index < -0.39 is 4.92 Å². The van der Waals surface area contributed by atoms with Crippen molar-refractivity contribution in [3.05, 3.63) is 40.5 Å². The van der Waals surface area contributed by atoms with Gasteiger partial charge >= 0.3 is 0 Å². The Kier molecular flexibility index (Phi) is 3.62. The molecule has 6 nitrogen and oxygen atoms in total. The molecular weight excluding hydrogens is 246 g/mol. The van der Waals surface area contributed by atoms with Crippen LogP contribution in [-0.4, -0.2) is 42.4 Å². The zero-order valence-electron chi connectivity index (χ0n) is 10.7. The van der Waals surface area contributed by atoms with Gasteiger partial charge in [-0.1, -0.05) is 12.7 Å². The van der Waals surface area contributed by atoms with E-state index in [4.69, 9.17) is 0 Å². The summed E-state index contributed by atoms with van der Waals surface area (Å²) in [5.41, 5.74) is 1.10. The zero-order chi connectivity index (χ0) is 14.0. The van der Waals surface area contributed by atoms with E-state index in [0.29, 0.717) is 24.3 Å². The molecule has 1 saturated heterocycles. The van der Waals surface area contributed by atoms with E-state index in [1.807, 2.05) is 11.9 Å². The Morgan fingerprint density at radius 3 is 2.74 bits per heavy atom. The van der Waals surface area contributed by atoms with Crippen LogP contribution in [0.25, 0.3) is 6.08 Å². The molecule has 1 amide bonds. The van der Waals surface area contributed by atoms with Gasteiger partial charge < -0.3 is 4.90 Å². The summed E-state index contributed by atoms with van der Waals surface area (Å²) in [6, 6.07) is 4.65. The number of carbonyl (C=O) groups excluding carboxylic acids is 1. The lowest BCUT2D eigenvalue weighted by molar-refractivity contribution is -0.385. The summed E-state index contributed by atoms with van der Waals surface area (Å²) in [4.78, 5) is 25.9. The van der Waals surface area contributed by atoms with Crippen molar-refractivity contribution < 1.29 is 9.72 Å². The predicted molar refractivity (Wildman–Crippen MR) is 73.0 cm³/mol. The van der Waals surface area contributed by atoms with E-state index in [9.17, 15) is 14.9 Å². The summed E-state index contributed by atoms with van der Waals surface area (Å²) in [5.74, 6) is -0.00221. The first-order valence-corrected chi connectivity index (χ1v) is 5.92. The molecular formula is C13H15N3O3. The van der Waals surface area contributed by atoms with Crippen LogP contribution in [0.3, 0.4) is 0 Å². The monoisotopic (exact) mass is 261 g/mol. The maximum absolute atomic E-state index is 11.9. The van der Waals surface area contributed by atoms with E-state index in [2.05, 4.69) is 6.58 Å². The number of benzene rings is 1. The standard InChI is InChI=1S/C13H15N3O3/c1-3-10-8-11(4-5-12(10)16(18)19)15-7-6-14(2)9-13(15)17/h3-5,8H,1,6-7,9H2,2H3. The minimum absolute atomic E-state index is 0.000302. The summed E-state index contributed by atoms with van der Waals surface area (Å²) in [6.07, 6.45) is 1.43. The fraction of sp³-hybridized carbons (Fsp3) is 0.308. The number of nitro benzene ring substituents is 1. The number of amides is 1. The fourth-order valence-corrected chi connectivity index (χ4v) is 2.10. The molecule has 1 aliphatic rings. The predicted octanol–water partition coefficient (Wildman–Crippen LogP) is 1.52. The van der Waals surface area contributed by atoms with Crippen molar-refractivity contribution in [3.63, 3.8) is 0 Å². The van der Waals surface area contributed by atoms with Crippen LogP contribution in [0.4, 0.5) is 11.4 Å². The number of nitro groups is 1. The van der Waals surface area contributed by atoms with E-state index in [1.54, 1.807) is 17.0 Å². The molecule has 1 heterocycles. The topological polar surface area (TPSA) is 66.7 Å². The molecule has 1 aliphatic heterocycles. The average molecular weight is 261 g/mol. The second kappa shape index (κ2) is 5.19. The second-order valence-corrected chi connectivity index (χ2v) is 4.49. The van der Waals surface area contributed by atoms with Crippen molar-refractivity contribution in [2.75, 3.05) is 31.6 Å². The highest BCUT2D eigenvalue weighted by Gasteiger charge is 2.24. The van der Waals surface area contributed by atoms with E-state index in [0.717, 1.165) is 6.54 Å². The summed E-state index contributed by atoms with van der Waals surface area (Å²) in [6.45, 7) is 5.31. The van der Waals surface area contributed by atoms with Crippen LogP contribution in [-0.2, 0) is 4.79 Å². The molecule has 0 saturated carbocycles. The third kappa shape index (κ3) is 2.63. The number of rotatable bonds is 3. The number of piperazine rings is 1. The third-order valence-corrected chi connectivity index (χ3v) is 3.15. The second-order valence-electron chi connectivity index (χ2n) is 4.49. The first kappa shape index (κ1) is 13.2. The van der Waals surface area contributed by atoms with E-state index >= 15 is 0 Å². The van der Waals surface area contributed by atoms with Crippen LogP contribution in [0.15, 0.2) is 24.8 Å². The molecule has 0 unspecified atom stereocenters. The Hall–Kier alpha value is -2.21. The van der Waals surface area contributed by atoms with Gasteiger partial charge in [0, 0.05) is 24.8 Å². The summed E-state index contributed by atoms with van der Waals surface area (Å²) >= 11 is 0. The first-order valence-electron chi connectivity index (χ1n) is 5.92. The largest absolute Gasteiger partial charge is 0.310 e. The van der Waals surface area contributed by atoms with Crippen LogP contribution >= 0.6 is 0 Å². The summed E-state index contributed by atoms with van der Waals surface area (Å²) in [7, 11) is 1.89. The minimum Gasteiger partial charge on any atom is -0.310 e. The Labute approximate surface area is 111 Å². The van der Waals surface area contributed by atoms with Gasteiger partial charge in [0.1, 0.15) is 0 Å². The molecule has 0 N–H and O–H groups in total. The normalized spacial score (nSPS) is 16.5. The molecule has 0 atom stereocenters. The van der Waals surface area contributed by atoms with Gasteiger partial charge in [0.15, 0.2) is 0 Å². The molecule has 100 valence electrons. The highest BCUT2D eigenvalue weighted by Crippen LogP contribution is 2.26. The van der Waals surface area contributed by atoms with Crippen molar-refractivity contribution in [1.29, 1.82) is 0 Å². The van der Waals surface area contributed by atoms with Crippen molar-refractivity contribution in [3.8, 4) is 0 Å². The first-order chi connectivity index (χ1) is 9.02. The molecule has 0 radical (unpaired) electrons. The van der Waals surface area contributed by atoms with Crippen LogP contribution < -0.4 is 4.90 Å². The van der Waals surface area contributed by atoms with Gasteiger partial charge in [-0.05, 0) is 19.2 Å². The lowest BCUT2D eigenvalue weighted by atomic mass is 10.1. The number of hydrogen-bond donors (Lipinski definition) is 0. The highest BCUT2D eigenvalue weighted by molar-refractivity contribution is 5.96. The van der Waals surface area contributed by atoms with Crippen LogP contribution in [0.2, 0.25) is 0 Å². The molecule has 2 rings (SSSR count). The molecule has 6 heteroatoms. The Bertz CT molecular complexity index is 542. The molecule has 1 aromatic rings. The van der Waals surface area contributed by atoms with E-state index in [-0.39, 0.29) is 11.6 Å². The molecule has 1 fully saturated rings. The lowest BCUT2D eigenvalue weighted by Crippen LogP contribution is -2.48. The SMILES string of the molecule is C=Cc1cc(N2CCN(C)CC2=O)ccc1[N+](=O)[O-]. The molecule has 0 bridgehead atoms. The van der Waals surface area contributed by atoms with Gasteiger partial charge in [0.25, 0.3) is 5.69 Å². The van der Waals surface area contributed by atoms with Gasteiger partial charge in [-0.15, -0.1) is 0 Å². The number of hydrogen-bond acceptors (Lipinski definition) is 4. The number of nitrogens with zero attached hydrogens (tertiary/aromatic N) is 3. The molecule has 1 aromatic carbocycles. The highest BCUT2D eigenvalue weighted by atomic mass is 16.6. The van der Waals surface area contributed by atoms with Gasteiger partial charge in [-0.3, -0.25) is 19.8 Å². The smallest absolute Gasteiger partial charge is 0.276 e. The summed E-state index contributed by atoms with van der Waals surface area (Å²) in [5, 5.41) is 10.8. The van der Waals surface area contributed by atoms with Crippen LogP contribution in [0, 0.1) is 10.1 Å². The number of carbonyl (C=O) groups is 1. The van der Waals surface area contributed by atoms with Gasteiger partial charge in [-0.2, -0.15) is 0 Å². The number of likely N-dealkylation sites (N-methyl/N-ethyl adjacent to an activating group) is 1. The van der Waals surface area contributed by atoms with Crippen molar-refractivity contribution in [1.82, 2.24) is 4.90 Å². The Morgan fingerprint density at radius 1 is 1.42 bits per heavy atom. The van der Waals surface area contributed by atoms with Crippen LogP contribution in [0.5, 0.6) is 0 Å². The Balaban J connectivity index is 2.33. The lowest BCUT2D eigenvalue weighted by Gasteiger charge is -2.32. The molecule has 19 heavy (non-hydrogen) atoms. The van der Waals surface area contributed by atoms with Gasteiger partial charge in [-0.25, -0.2) is 0 Å². The maximum Gasteiger partial charge on any atom is 0.276 e. The minimum atomic E-state index is -0.452. The zero-order valence-corrected chi connectivity index (χ0v) is 10.7. The summed E-state index contributed by atoms with van der Waals surface area (Å²) < 4.78 is 0. The average Bonchev–Trinajstić information content (AvgIpc) is 2.37. The number of anilines is 1. The van der Waals surface area contributed by atoms with Gasteiger partial charge in [0.2, 0.25) is 5.91 Å². The third-order valence-electron chi connectivity index (χ3n) is 3.15. The molecule has 0 aromatic heterocycles. The fourth-order valence-electron chi connectivity index (χ4n) is 2.10. The van der Waals surface area contributed by atoms with E-state index in [1.165, 1.54) is 12.1 Å². The molecule has 0 aliphatic carbocycles. The molecule has 0 spiro atoms. The van der Waals surface area contributed by atoms with Crippen molar-refractivity contribution >= 4 is 23.4 Å². The maximum atomic E-state index is 11.9. The van der Waals surface area contributed by atoms with Crippen LogP contribution in [0.1, 0.15) is 5.56 Å². The Morgan fingerprint density at radius 2 is 2.16 bits per heavy atom. The quantitative estimate of drug-likeness (QED) is 0.611. The van der Waals surface area contributed by atoms with Crippen molar-refractivity contribution in [2.45, 2.75) is 0 Å². The van der Waals surface area contributed by atoms with Crippen molar-refractivity contribution in [2.24, 2.45) is 0 Å².